The third-order valence-electron chi connectivity index (χ3n) is 2.59. The molecule has 0 saturated carbocycles. The maximum atomic E-state index is 13.4. The largest absolute Gasteiger partial charge is 0.381 e. The summed E-state index contributed by atoms with van der Waals surface area (Å²) >= 11 is 0.455. The molecule has 0 radical (unpaired) electrons. The molecule has 0 spiro atoms. The minimum Gasteiger partial charge on any atom is -0.381 e. The van der Waals surface area contributed by atoms with E-state index in [9.17, 15) is 17.6 Å². The Balaban J connectivity index is 1.99. The van der Waals surface area contributed by atoms with Gasteiger partial charge in [0.2, 0.25) is 0 Å². The van der Waals surface area contributed by atoms with E-state index < -0.39 is 17.4 Å². The van der Waals surface area contributed by atoms with Gasteiger partial charge < -0.3 is 5.32 Å². The van der Waals surface area contributed by atoms with Crippen molar-refractivity contribution in [1.29, 1.82) is 0 Å². The fraction of sp³-hybridized carbons (Fsp3) is 0.143. The van der Waals surface area contributed by atoms with Crippen molar-refractivity contribution < 1.29 is 17.6 Å². The number of benzene rings is 2. The van der Waals surface area contributed by atoms with Gasteiger partial charge in [-0.1, -0.05) is 23.9 Å². The van der Waals surface area contributed by atoms with Gasteiger partial charge in [0.05, 0.1) is 0 Å². The Bertz CT molecular complexity index is 572. The van der Waals surface area contributed by atoms with Gasteiger partial charge in [-0.3, -0.25) is 0 Å². The van der Waals surface area contributed by atoms with E-state index >= 15 is 0 Å². The molecule has 0 aromatic heterocycles. The molecule has 106 valence electrons. The van der Waals surface area contributed by atoms with Crippen LogP contribution in [0.2, 0.25) is 0 Å². The summed E-state index contributed by atoms with van der Waals surface area (Å²) < 4.78 is 50.7. The summed E-state index contributed by atoms with van der Waals surface area (Å²) in [5.74, 6) is -4.24. The summed E-state index contributed by atoms with van der Waals surface area (Å²) in [7, 11) is 0. The molecule has 0 bridgehead atoms. The van der Waals surface area contributed by atoms with Crippen molar-refractivity contribution in [2.45, 2.75) is 17.2 Å². The Labute approximate surface area is 118 Å². The van der Waals surface area contributed by atoms with Crippen LogP contribution in [0.4, 0.5) is 23.2 Å². The quantitative estimate of drug-likeness (QED) is 0.623. The van der Waals surface area contributed by atoms with Crippen LogP contribution in [0.5, 0.6) is 0 Å². The minimum absolute atomic E-state index is 0.116. The number of rotatable bonds is 5. The summed E-state index contributed by atoms with van der Waals surface area (Å²) in [5.41, 5.74) is 0.850. The van der Waals surface area contributed by atoms with E-state index in [1.165, 1.54) is 12.1 Å². The monoisotopic (exact) mass is 301 g/mol. The van der Waals surface area contributed by atoms with Crippen LogP contribution in [0, 0.1) is 11.6 Å². The standard InChI is InChI=1S/C14H11F4NS/c15-12-3-1-2-9(13(12)16)8-19-10-4-6-11(7-5-10)20-14(17)18/h1-7,14,19H,8H2. The third-order valence-corrected chi connectivity index (χ3v) is 3.32. The molecular weight excluding hydrogens is 290 g/mol. The Kier molecular flexibility index (Phi) is 4.89. The Morgan fingerprint density at radius 2 is 1.70 bits per heavy atom. The van der Waals surface area contributed by atoms with Gasteiger partial charge >= 0.3 is 0 Å². The highest BCUT2D eigenvalue weighted by Crippen LogP contribution is 2.26. The topological polar surface area (TPSA) is 12.0 Å². The van der Waals surface area contributed by atoms with E-state index in [4.69, 9.17) is 0 Å². The van der Waals surface area contributed by atoms with Crippen molar-refractivity contribution in [2.24, 2.45) is 0 Å². The van der Waals surface area contributed by atoms with Gasteiger partial charge in [-0.15, -0.1) is 0 Å². The lowest BCUT2D eigenvalue weighted by molar-refractivity contribution is 0.252. The van der Waals surface area contributed by atoms with Crippen molar-refractivity contribution in [3.63, 3.8) is 0 Å². The Hall–Kier alpha value is -1.69. The van der Waals surface area contributed by atoms with Crippen molar-refractivity contribution in [3.8, 4) is 0 Å². The fourth-order valence-corrected chi connectivity index (χ4v) is 2.14. The molecule has 0 aliphatic heterocycles. The molecule has 0 saturated heterocycles. The van der Waals surface area contributed by atoms with Crippen LogP contribution in [0.1, 0.15) is 5.56 Å². The highest BCUT2D eigenvalue weighted by Gasteiger charge is 2.07. The summed E-state index contributed by atoms with van der Waals surface area (Å²) in [5, 5.41) is 2.91. The van der Waals surface area contributed by atoms with Crippen LogP contribution in [-0.4, -0.2) is 5.76 Å². The van der Waals surface area contributed by atoms with Crippen molar-refractivity contribution >= 4 is 17.4 Å². The minimum atomic E-state index is -2.46. The molecule has 6 heteroatoms. The van der Waals surface area contributed by atoms with Crippen molar-refractivity contribution in [1.82, 2.24) is 0 Å². The fourth-order valence-electron chi connectivity index (χ4n) is 1.64. The first kappa shape index (κ1) is 14.7. The lowest BCUT2D eigenvalue weighted by Crippen LogP contribution is -2.03. The molecule has 2 rings (SSSR count). The van der Waals surface area contributed by atoms with Crippen LogP contribution in [0.3, 0.4) is 0 Å². The van der Waals surface area contributed by atoms with Gasteiger partial charge in [0.15, 0.2) is 11.6 Å². The Morgan fingerprint density at radius 1 is 1.00 bits per heavy atom. The van der Waals surface area contributed by atoms with E-state index in [1.54, 1.807) is 24.3 Å². The average Bonchev–Trinajstić information content (AvgIpc) is 2.41. The highest BCUT2D eigenvalue weighted by atomic mass is 32.2. The smallest absolute Gasteiger partial charge is 0.288 e. The second-order valence-electron chi connectivity index (χ2n) is 3.97. The lowest BCUT2D eigenvalue weighted by atomic mass is 10.2. The molecule has 0 atom stereocenters. The molecule has 2 aromatic carbocycles. The molecule has 20 heavy (non-hydrogen) atoms. The molecule has 0 amide bonds. The third kappa shape index (κ3) is 3.90. The first-order valence-corrected chi connectivity index (χ1v) is 6.66. The summed E-state index contributed by atoms with van der Waals surface area (Å²) in [6, 6.07) is 10.3. The number of hydrogen-bond donors (Lipinski definition) is 1. The van der Waals surface area contributed by atoms with Crippen LogP contribution in [0.15, 0.2) is 47.4 Å². The Morgan fingerprint density at radius 3 is 2.35 bits per heavy atom. The molecule has 1 nitrogen and oxygen atoms in total. The molecule has 0 unspecified atom stereocenters. The van der Waals surface area contributed by atoms with Crippen LogP contribution in [0.25, 0.3) is 0 Å². The van der Waals surface area contributed by atoms with Crippen molar-refractivity contribution in [2.75, 3.05) is 5.32 Å². The maximum Gasteiger partial charge on any atom is 0.288 e. The predicted molar refractivity (Wildman–Crippen MR) is 72.0 cm³/mol. The van der Waals surface area contributed by atoms with E-state index in [0.29, 0.717) is 22.3 Å². The number of thioether (sulfide) groups is 1. The van der Waals surface area contributed by atoms with Crippen molar-refractivity contribution in [3.05, 3.63) is 59.7 Å². The number of hydrogen-bond acceptors (Lipinski definition) is 2. The second-order valence-corrected chi connectivity index (χ2v) is 5.03. The molecule has 2 aromatic rings. The molecule has 1 N–H and O–H groups in total. The molecular formula is C14H11F4NS. The van der Waals surface area contributed by atoms with Crippen LogP contribution >= 0.6 is 11.8 Å². The normalized spacial score (nSPS) is 10.8. The predicted octanol–water partition coefficient (Wildman–Crippen LogP) is 4.89. The lowest BCUT2D eigenvalue weighted by Gasteiger charge is -2.08. The number of anilines is 1. The van der Waals surface area contributed by atoms with Crippen LogP contribution < -0.4 is 5.32 Å². The number of nitrogens with one attached hydrogen (secondary N) is 1. The summed E-state index contributed by atoms with van der Waals surface area (Å²) in [6.07, 6.45) is 0. The summed E-state index contributed by atoms with van der Waals surface area (Å²) in [4.78, 5) is 0.447. The summed E-state index contributed by atoms with van der Waals surface area (Å²) in [6.45, 7) is 0.116. The van der Waals surface area contributed by atoms with Gasteiger partial charge in [0.1, 0.15) is 0 Å². The maximum absolute atomic E-state index is 13.4. The highest BCUT2D eigenvalue weighted by molar-refractivity contribution is 7.99. The van der Waals surface area contributed by atoms with Gasteiger partial charge in [0.25, 0.3) is 5.76 Å². The molecule has 0 aliphatic carbocycles. The first-order chi connectivity index (χ1) is 9.56. The number of alkyl halides is 2. The van der Waals surface area contributed by atoms with Gasteiger partial charge in [-0.2, -0.15) is 8.78 Å². The zero-order chi connectivity index (χ0) is 14.5. The van der Waals surface area contributed by atoms with Gasteiger partial charge in [0, 0.05) is 22.7 Å². The molecule has 0 heterocycles. The van der Waals surface area contributed by atoms with Gasteiger partial charge in [-0.25, -0.2) is 8.78 Å². The van der Waals surface area contributed by atoms with E-state index in [-0.39, 0.29) is 12.1 Å². The average molecular weight is 301 g/mol. The molecule has 0 aliphatic rings. The molecule has 0 fully saturated rings. The van der Waals surface area contributed by atoms with E-state index in [1.807, 2.05) is 0 Å². The SMILES string of the molecule is Fc1cccc(CNc2ccc(SC(F)F)cc2)c1F. The zero-order valence-corrected chi connectivity index (χ0v) is 11.1. The van der Waals surface area contributed by atoms with Gasteiger partial charge in [-0.05, 0) is 30.3 Å². The number of halogens is 4. The zero-order valence-electron chi connectivity index (χ0n) is 10.2. The second kappa shape index (κ2) is 6.65. The van der Waals surface area contributed by atoms with E-state index in [0.717, 1.165) is 6.07 Å². The van der Waals surface area contributed by atoms with E-state index in [2.05, 4.69) is 5.32 Å². The first-order valence-electron chi connectivity index (χ1n) is 5.78. The van der Waals surface area contributed by atoms with Crippen LogP contribution in [-0.2, 0) is 6.54 Å².